The van der Waals surface area contributed by atoms with Crippen molar-refractivity contribution in [2.75, 3.05) is 5.32 Å². The first kappa shape index (κ1) is 24.2. The van der Waals surface area contributed by atoms with E-state index in [-0.39, 0.29) is 12.3 Å². The average Bonchev–Trinajstić information content (AvgIpc) is 2.79. The number of hydrogen-bond acceptors (Lipinski definition) is 5. The van der Waals surface area contributed by atoms with E-state index in [4.69, 9.17) is 5.26 Å². The van der Waals surface area contributed by atoms with Gasteiger partial charge in [0.25, 0.3) is 11.8 Å². The van der Waals surface area contributed by atoms with Gasteiger partial charge < -0.3 is 10.6 Å². The molecular formula is C25H23BrN2O5. The Kier molecular flexibility index (Phi) is 7.97. The minimum Gasteiger partial charge on any atom is -0.338 e. The van der Waals surface area contributed by atoms with Gasteiger partial charge in [-0.1, -0.05) is 42.5 Å². The summed E-state index contributed by atoms with van der Waals surface area (Å²) < 4.78 is 0.572. The van der Waals surface area contributed by atoms with E-state index in [0.29, 0.717) is 26.9 Å². The average molecular weight is 511 g/mol. The van der Waals surface area contributed by atoms with Crippen LogP contribution in [0.25, 0.3) is 0 Å². The van der Waals surface area contributed by atoms with Crippen LogP contribution in [0.1, 0.15) is 37.4 Å². The highest BCUT2D eigenvalue weighted by Gasteiger charge is 2.24. The van der Waals surface area contributed by atoms with Crippen LogP contribution < -0.4 is 10.6 Å². The zero-order valence-corrected chi connectivity index (χ0v) is 19.7. The molecule has 3 N–H and O–H groups in total. The zero-order chi connectivity index (χ0) is 24.0. The van der Waals surface area contributed by atoms with Gasteiger partial charge in [0.2, 0.25) is 0 Å². The fourth-order valence-electron chi connectivity index (χ4n) is 3.46. The van der Waals surface area contributed by atoms with Gasteiger partial charge in [0.05, 0.1) is 5.56 Å². The number of rotatable bonds is 7. The summed E-state index contributed by atoms with van der Waals surface area (Å²) in [7, 11) is 0. The lowest BCUT2D eigenvalue weighted by Gasteiger charge is -2.16. The van der Waals surface area contributed by atoms with Crippen molar-refractivity contribution in [2.45, 2.75) is 26.3 Å². The van der Waals surface area contributed by atoms with Gasteiger partial charge in [-0.05, 0) is 70.7 Å². The second kappa shape index (κ2) is 10.9. The Morgan fingerprint density at radius 3 is 2.15 bits per heavy atom. The van der Waals surface area contributed by atoms with Crippen molar-refractivity contribution in [1.82, 2.24) is 5.32 Å². The van der Waals surface area contributed by atoms with E-state index < -0.39 is 17.9 Å². The molecule has 8 heteroatoms. The maximum atomic E-state index is 12.7. The Bertz CT molecular complexity index is 1160. The standard InChI is InChI=1S/C25H23BrN2O5/c1-15-6-5-7-16(2)22(15)24(30)27-18-12-10-17(11-13-18)14-21(25(31)33-32)28-23(29)19-8-3-4-9-20(19)26/h3-13,21,32H,14H2,1-2H3,(H,27,30)(H,28,29). The molecule has 2 amide bonds. The van der Waals surface area contributed by atoms with Crippen molar-refractivity contribution in [3.8, 4) is 0 Å². The first-order chi connectivity index (χ1) is 15.8. The van der Waals surface area contributed by atoms with E-state index in [2.05, 4.69) is 31.5 Å². The maximum Gasteiger partial charge on any atom is 0.364 e. The van der Waals surface area contributed by atoms with Crippen LogP contribution in [0.5, 0.6) is 0 Å². The van der Waals surface area contributed by atoms with Gasteiger partial charge in [0.15, 0.2) is 0 Å². The van der Waals surface area contributed by atoms with Gasteiger partial charge in [0.1, 0.15) is 6.04 Å². The summed E-state index contributed by atoms with van der Waals surface area (Å²) in [6.45, 7) is 3.77. The van der Waals surface area contributed by atoms with Gasteiger partial charge in [0, 0.05) is 22.1 Å². The smallest absolute Gasteiger partial charge is 0.338 e. The first-order valence-corrected chi connectivity index (χ1v) is 11.0. The highest BCUT2D eigenvalue weighted by atomic mass is 79.9. The molecule has 0 fully saturated rings. The first-order valence-electron chi connectivity index (χ1n) is 10.2. The fraction of sp³-hybridized carbons (Fsp3) is 0.160. The quantitative estimate of drug-likeness (QED) is 0.316. The van der Waals surface area contributed by atoms with Crippen LogP contribution in [0.15, 0.2) is 71.2 Å². The van der Waals surface area contributed by atoms with Crippen molar-refractivity contribution in [3.05, 3.63) is 99.0 Å². The highest BCUT2D eigenvalue weighted by Crippen LogP contribution is 2.19. The van der Waals surface area contributed by atoms with Crippen molar-refractivity contribution in [1.29, 1.82) is 0 Å². The van der Waals surface area contributed by atoms with Crippen LogP contribution in [0.3, 0.4) is 0 Å². The largest absolute Gasteiger partial charge is 0.364 e. The summed E-state index contributed by atoms with van der Waals surface area (Å²) in [5.41, 5.74) is 4.03. The molecule has 0 aliphatic carbocycles. The third-order valence-electron chi connectivity index (χ3n) is 5.16. The van der Waals surface area contributed by atoms with Crippen LogP contribution in [-0.4, -0.2) is 29.1 Å². The van der Waals surface area contributed by atoms with Crippen molar-refractivity contribution < 1.29 is 24.5 Å². The third-order valence-corrected chi connectivity index (χ3v) is 5.85. The van der Waals surface area contributed by atoms with Gasteiger partial charge in [-0.25, -0.2) is 4.79 Å². The molecule has 0 bridgehead atoms. The van der Waals surface area contributed by atoms with Crippen molar-refractivity contribution in [2.24, 2.45) is 0 Å². The number of amides is 2. The molecule has 3 rings (SSSR count). The molecule has 0 heterocycles. The monoisotopic (exact) mass is 510 g/mol. The molecule has 1 unspecified atom stereocenters. The second-order valence-corrected chi connectivity index (χ2v) is 8.39. The SMILES string of the molecule is Cc1cccc(C)c1C(=O)Nc1ccc(CC(NC(=O)c2ccccc2Br)C(=O)OO)cc1. The number of nitrogens with one attached hydrogen (secondary N) is 2. The van der Waals surface area contributed by atoms with Gasteiger partial charge in [-0.2, -0.15) is 5.26 Å². The third kappa shape index (κ3) is 6.06. The molecule has 0 aromatic heterocycles. The summed E-state index contributed by atoms with van der Waals surface area (Å²) >= 11 is 3.30. The molecule has 1 atom stereocenters. The van der Waals surface area contributed by atoms with E-state index in [0.717, 1.165) is 11.1 Å². The maximum absolute atomic E-state index is 12.7. The molecular weight excluding hydrogens is 488 g/mol. The van der Waals surface area contributed by atoms with Gasteiger partial charge >= 0.3 is 5.97 Å². The van der Waals surface area contributed by atoms with E-state index in [1.54, 1.807) is 48.5 Å². The van der Waals surface area contributed by atoms with Gasteiger partial charge in [-0.3, -0.25) is 14.5 Å². The number of carbonyl (C=O) groups is 3. The summed E-state index contributed by atoms with van der Waals surface area (Å²) in [4.78, 5) is 41.2. The van der Waals surface area contributed by atoms with Crippen LogP contribution in [-0.2, 0) is 16.1 Å². The summed E-state index contributed by atoms with van der Waals surface area (Å²) in [6.07, 6.45) is 0.0840. The molecule has 7 nitrogen and oxygen atoms in total. The molecule has 33 heavy (non-hydrogen) atoms. The predicted octanol–water partition coefficient (Wildman–Crippen LogP) is 4.68. The Morgan fingerprint density at radius 1 is 0.909 bits per heavy atom. The van der Waals surface area contributed by atoms with E-state index in [9.17, 15) is 14.4 Å². The number of benzene rings is 3. The number of carbonyl (C=O) groups excluding carboxylic acids is 3. The van der Waals surface area contributed by atoms with Crippen molar-refractivity contribution in [3.63, 3.8) is 0 Å². The second-order valence-electron chi connectivity index (χ2n) is 7.54. The molecule has 170 valence electrons. The lowest BCUT2D eigenvalue weighted by Crippen LogP contribution is -2.43. The zero-order valence-electron chi connectivity index (χ0n) is 18.1. The topological polar surface area (TPSA) is 105 Å². The molecule has 0 saturated heterocycles. The van der Waals surface area contributed by atoms with Crippen LogP contribution >= 0.6 is 15.9 Å². The number of anilines is 1. The lowest BCUT2D eigenvalue weighted by atomic mass is 10.0. The Hall–Kier alpha value is -3.49. The molecule has 3 aromatic rings. The van der Waals surface area contributed by atoms with Gasteiger partial charge in [-0.15, -0.1) is 0 Å². The molecule has 0 aliphatic heterocycles. The molecule has 0 radical (unpaired) electrons. The fourth-order valence-corrected chi connectivity index (χ4v) is 3.93. The molecule has 0 spiro atoms. The Labute approximate surface area is 199 Å². The normalized spacial score (nSPS) is 11.4. The number of hydrogen-bond donors (Lipinski definition) is 3. The Balaban J connectivity index is 1.70. The van der Waals surface area contributed by atoms with E-state index >= 15 is 0 Å². The minimum atomic E-state index is -1.11. The molecule has 0 saturated carbocycles. The molecule has 0 aliphatic rings. The number of halogens is 1. The van der Waals surface area contributed by atoms with Crippen LogP contribution in [0.4, 0.5) is 5.69 Å². The number of aryl methyl sites for hydroxylation is 2. The highest BCUT2D eigenvalue weighted by molar-refractivity contribution is 9.10. The minimum absolute atomic E-state index is 0.0840. The van der Waals surface area contributed by atoms with Crippen molar-refractivity contribution >= 4 is 39.4 Å². The van der Waals surface area contributed by atoms with Crippen LogP contribution in [0.2, 0.25) is 0 Å². The summed E-state index contributed by atoms with van der Waals surface area (Å²) in [5.74, 6) is -1.68. The summed E-state index contributed by atoms with van der Waals surface area (Å²) in [6, 6.07) is 18.2. The lowest BCUT2D eigenvalue weighted by molar-refractivity contribution is -0.236. The predicted molar refractivity (Wildman–Crippen MR) is 128 cm³/mol. The summed E-state index contributed by atoms with van der Waals surface area (Å²) in [5, 5.41) is 14.3. The van der Waals surface area contributed by atoms with E-state index in [1.165, 1.54) is 0 Å². The molecule has 3 aromatic carbocycles. The van der Waals surface area contributed by atoms with Crippen LogP contribution in [0, 0.1) is 13.8 Å². The Morgan fingerprint density at radius 2 is 1.55 bits per heavy atom. The van der Waals surface area contributed by atoms with E-state index in [1.807, 2.05) is 32.0 Å².